The zero-order chi connectivity index (χ0) is 25.7. The first-order chi connectivity index (χ1) is 17.8. The average Bonchev–Trinajstić information content (AvgIpc) is 3.57. The number of fused-ring (bicyclic) bond motifs is 2. The Morgan fingerprint density at radius 3 is 2.81 bits per heavy atom. The van der Waals surface area contributed by atoms with Crippen molar-refractivity contribution in [3.63, 3.8) is 0 Å². The van der Waals surface area contributed by atoms with Crippen LogP contribution in [0.5, 0.6) is 0 Å². The summed E-state index contributed by atoms with van der Waals surface area (Å²) < 4.78 is 21.6. The number of hydrogen-bond donors (Lipinski definition) is 1. The quantitative estimate of drug-likeness (QED) is 0.417. The van der Waals surface area contributed by atoms with Gasteiger partial charge in [-0.3, -0.25) is 14.6 Å². The number of ether oxygens (including phenoxy) is 1. The van der Waals surface area contributed by atoms with Crippen molar-refractivity contribution in [2.75, 3.05) is 26.1 Å². The molecular weight excluding hydrogens is 471 g/mol. The number of benzene rings is 1. The van der Waals surface area contributed by atoms with E-state index in [1.165, 1.54) is 12.1 Å². The number of pyridine rings is 2. The van der Waals surface area contributed by atoms with E-state index in [0.717, 1.165) is 47.5 Å². The van der Waals surface area contributed by atoms with Crippen LogP contribution in [0.2, 0.25) is 0 Å². The molecule has 0 radical (unpaired) electrons. The van der Waals surface area contributed by atoms with E-state index in [4.69, 9.17) is 9.72 Å². The minimum absolute atomic E-state index is 0.122. The Morgan fingerprint density at radius 1 is 1.19 bits per heavy atom. The fourth-order valence-electron chi connectivity index (χ4n) is 5.41. The molecular formula is C28H29FN6O2. The van der Waals surface area contributed by atoms with E-state index in [1.54, 1.807) is 17.4 Å². The van der Waals surface area contributed by atoms with Crippen molar-refractivity contribution in [2.24, 2.45) is 0 Å². The molecule has 190 valence electrons. The van der Waals surface area contributed by atoms with Gasteiger partial charge in [0.1, 0.15) is 17.3 Å². The summed E-state index contributed by atoms with van der Waals surface area (Å²) in [7, 11) is 4.03. The molecule has 37 heavy (non-hydrogen) atoms. The molecule has 8 nitrogen and oxygen atoms in total. The molecule has 5 heterocycles. The first-order valence-electron chi connectivity index (χ1n) is 12.4. The van der Waals surface area contributed by atoms with Crippen LogP contribution >= 0.6 is 0 Å². The third-order valence-electron chi connectivity index (χ3n) is 7.20. The number of nitrogens with zero attached hydrogens (tertiary/aromatic N) is 5. The van der Waals surface area contributed by atoms with E-state index in [1.807, 2.05) is 42.8 Å². The predicted molar refractivity (Wildman–Crippen MR) is 138 cm³/mol. The minimum atomic E-state index is -0.345. The van der Waals surface area contributed by atoms with Crippen LogP contribution in [0.15, 0.2) is 54.9 Å². The van der Waals surface area contributed by atoms with Gasteiger partial charge in [-0.1, -0.05) is 18.2 Å². The van der Waals surface area contributed by atoms with Crippen molar-refractivity contribution >= 4 is 17.4 Å². The maximum Gasteiger partial charge on any atom is 0.272 e. The number of halogens is 1. The molecule has 0 bridgehead atoms. The summed E-state index contributed by atoms with van der Waals surface area (Å²) in [6.07, 6.45) is 5.36. The normalized spacial score (nSPS) is 19.3. The average molecular weight is 501 g/mol. The zero-order valence-electron chi connectivity index (χ0n) is 21.2. The second kappa shape index (κ2) is 8.93. The monoisotopic (exact) mass is 500 g/mol. The third kappa shape index (κ3) is 4.14. The van der Waals surface area contributed by atoms with Crippen molar-refractivity contribution in [3.8, 4) is 11.3 Å². The Bertz CT molecular complexity index is 1510. The van der Waals surface area contributed by atoms with Gasteiger partial charge in [0.2, 0.25) is 0 Å². The van der Waals surface area contributed by atoms with Gasteiger partial charge in [-0.05, 0) is 57.6 Å². The summed E-state index contributed by atoms with van der Waals surface area (Å²) in [5.74, 6) is 0.146. The first kappa shape index (κ1) is 23.6. The van der Waals surface area contributed by atoms with Crippen molar-refractivity contribution in [1.29, 1.82) is 0 Å². The number of carbonyl (C=O) groups excluding carboxylic acids is 1. The molecule has 2 aliphatic rings. The van der Waals surface area contributed by atoms with E-state index in [2.05, 4.69) is 28.3 Å². The van der Waals surface area contributed by atoms with Gasteiger partial charge in [-0.15, -0.1) is 0 Å². The standard InChI is InChI=1S/C28H29FN6O2/c1-28(11-5-13-37-28)22-8-9-25(31-23(22)17-33(2)3)32-35-16-21-19(6-4-7-20(21)27(35)36)24-15-30-26-14-18(29)10-12-34(24)26/h4,6-10,12,14-15H,5,11,13,16-17H2,1-3H3,(H,31,32). The molecule has 1 saturated heterocycles. The summed E-state index contributed by atoms with van der Waals surface area (Å²) in [5, 5.41) is 1.59. The number of hydrazine groups is 1. The number of anilines is 1. The topological polar surface area (TPSA) is 75.0 Å². The number of rotatable bonds is 6. The maximum atomic E-state index is 13.7. The molecule has 1 amide bonds. The predicted octanol–water partition coefficient (Wildman–Crippen LogP) is 4.61. The molecule has 0 aliphatic carbocycles. The third-order valence-corrected chi connectivity index (χ3v) is 7.20. The highest BCUT2D eigenvalue weighted by Crippen LogP contribution is 2.38. The Hall–Kier alpha value is -3.82. The lowest BCUT2D eigenvalue weighted by Crippen LogP contribution is -2.31. The van der Waals surface area contributed by atoms with Crippen LogP contribution in [0.25, 0.3) is 16.9 Å². The van der Waals surface area contributed by atoms with Crippen LogP contribution in [0.1, 0.15) is 46.9 Å². The number of imidazole rings is 1. The van der Waals surface area contributed by atoms with Crippen LogP contribution in [-0.2, 0) is 23.4 Å². The van der Waals surface area contributed by atoms with Crippen LogP contribution in [-0.4, -0.2) is 50.9 Å². The van der Waals surface area contributed by atoms with Crippen LogP contribution in [0.3, 0.4) is 0 Å². The molecule has 1 N–H and O–H groups in total. The van der Waals surface area contributed by atoms with Gasteiger partial charge in [0.25, 0.3) is 5.91 Å². The van der Waals surface area contributed by atoms with Crippen LogP contribution in [0, 0.1) is 5.82 Å². The molecule has 0 spiro atoms. The highest BCUT2D eigenvalue weighted by Gasteiger charge is 2.35. The number of nitrogens with one attached hydrogen (secondary N) is 1. The highest BCUT2D eigenvalue weighted by molar-refractivity contribution is 6.01. The van der Waals surface area contributed by atoms with Gasteiger partial charge in [0, 0.05) is 42.1 Å². The van der Waals surface area contributed by atoms with Gasteiger partial charge in [-0.25, -0.2) is 19.4 Å². The van der Waals surface area contributed by atoms with E-state index < -0.39 is 0 Å². The maximum absolute atomic E-state index is 13.7. The Balaban J connectivity index is 1.31. The summed E-state index contributed by atoms with van der Waals surface area (Å²) in [6, 6.07) is 12.4. The fraction of sp³-hybridized carbons (Fsp3) is 0.321. The lowest BCUT2D eigenvalue weighted by molar-refractivity contribution is 0.0154. The molecule has 1 atom stereocenters. The zero-order valence-corrected chi connectivity index (χ0v) is 21.2. The number of carbonyl (C=O) groups is 1. The largest absolute Gasteiger partial charge is 0.371 e. The summed E-state index contributed by atoms with van der Waals surface area (Å²) in [6.45, 7) is 3.91. The molecule has 1 fully saturated rings. The number of hydrogen-bond acceptors (Lipinski definition) is 6. The summed E-state index contributed by atoms with van der Waals surface area (Å²) in [5.41, 5.74) is 8.64. The number of aromatic nitrogens is 3. The Labute approximate surface area is 214 Å². The van der Waals surface area contributed by atoms with Crippen molar-refractivity contribution in [1.82, 2.24) is 24.3 Å². The van der Waals surface area contributed by atoms with Gasteiger partial charge < -0.3 is 9.64 Å². The van der Waals surface area contributed by atoms with E-state index in [9.17, 15) is 9.18 Å². The minimum Gasteiger partial charge on any atom is -0.371 e. The highest BCUT2D eigenvalue weighted by atomic mass is 19.1. The number of amides is 1. The Kier molecular flexibility index (Phi) is 5.69. The van der Waals surface area contributed by atoms with Crippen molar-refractivity contribution in [3.05, 3.63) is 83.1 Å². The van der Waals surface area contributed by atoms with Gasteiger partial charge >= 0.3 is 0 Å². The Morgan fingerprint density at radius 2 is 2.03 bits per heavy atom. The fourth-order valence-corrected chi connectivity index (χ4v) is 5.41. The second-order valence-corrected chi connectivity index (χ2v) is 10.2. The van der Waals surface area contributed by atoms with Crippen molar-refractivity contribution in [2.45, 2.75) is 38.5 Å². The molecule has 4 aromatic rings. The smallest absolute Gasteiger partial charge is 0.272 e. The first-order valence-corrected chi connectivity index (χ1v) is 12.4. The molecule has 0 saturated carbocycles. The van der Waals surface area contributed by atoms with E-state index >= 15 is 0 Å². The molecule has 1 unspecified atom stereocenters. The molecule has 6 rings (SSSR count). The lowest BCUT2D eigenvalue weighted by Gasteiger charge is -2.28. The molecule has 3 aromatic heterocycles. The van der Waals surface area contributed by atoms with Gasteiger partial charge in [-0.2, -0.15) is 0 Å². The van der Waals surface area contributed by atoms with Crippen LogP contribution < -0.4 is 5.43 Å². The summed E-state index contributed by atoms with van der Waals surface area (Å²) in [4.78, 5) is 24.7. The van der Waals surface area contributed by atoms with Gasteiger partial charge in [0.15, 0.2) is 0 Å². The van der Waals surface area contributed by atoms with Crippen LogP contribution in [0.4, 0.5) is 10.2 Å². The van der Waals surface area contributed by atoms with E-state index in [0.29, 0.717) is 30.1 Å². The SMILES string of the molecule is CN(C)Cc1nc(NN2Cc3c(cccc3-c3cnc4cc(F)ccn34)C2=O)ccc1C1(C)CCCO1. The molecule has 2 aliphatic heterocycles. The molecule has 9 heteroatoms. The molecule has 1 aromatic carbocycles. The van der Waals surface area contributed by atoms with E-state index in [-0.39, 0.29) is 17.3 Å². The van der Waals surface area contributed by atoms with Crippen molar-refractivity contribution < 1.29 is 13.9 Å². The summed E-state index contributed by atoms with van der Waals surface area (Å²) >= 11 is 0. The lowest BCUT2D eigenvalue weighted by atomic mass is 9.91. The van der Waals surface area contributed by atoms with Gasteiger partial charge in [0.05, 0.1) is 29.7 Å². The second-order valence-electron chi connectivity index (χ2n) is 10.2.